The summed E-state index contributed by atoms with van der Waals surface area (Å²) in [5.74, 6) is 1.73. The van der Waals surface area contributed by atoms with Crippen LogP contribution in [0.4, 0.5) is 0 Å². The van der Waals surface area contributed by atoms with E-state index in [-0.39, 0.29) is 6.61 Å². The molecule has 0 aliphatic heterocycles. The summed E-state index contributed by atoms with van der Waals surface area (Å²) in [6, 6.07) is 16.1. The summed E-state index contributed by atoms with van der Waals surface area (Å²) in [6.45, 7) is 1.87. The molecule has 2 N–H and O–H groups in total. The molecule has 1 unspecified atom stereocenters. The minimum Gasteiger partial charge on any atom is -0.497 e. The topological polar surface area (TPSA) is 99.1 Å². The Hall–Kier alpha value is -2.48. The number of nitrogens with one attached hydrogen (secondary N) is 1. The van der Waals surface area contributed by atoms with E-state index in [4.69, 9.17) is 14.4 Å². The van der Waals surface area contributed by atoms with Gasteiger partial charge in [0.25, 0.3) is 0 Å². The number of aryl methyl sites for hydroxylation is 1. The van der Waals surface area contributed by atoms with E-state index in [1.165, 1.54) is 5.56 Å². The molecule has 33 heavy (non-hydrogen) atoms. The normalized spacial score (nSPS) is 12.1. The quantitative estimate of drug-likeness (QED) is 0.144. The monoisotopic (exact) mass is 474 g/mol. The second kappa shape index (κ2) is 13.9. The molecule has 0 aliphatic carbocycles. The number of benzene rings is 2. The average Bonchev–Trinajstić information content (AvgIpc) is 2.84. The number of hydrogen-bond acceptors (Lipinski definition) is 7. The largest absolute Gasteiger partial charge is 0.497 e. The average molecular weight is 474 g/mol. The van der Waals surface area contributed by atoms with Gasteiger partial charge in [0.1, 0.15) is 11.5 Å². The lowest BCUT2D eigenvalue weighted by Gasteiger charge is -2.12. The molecule has 2 aromatic carbocycles. The molecule has 1 atom stereocenters. The van der Waals surface area contributed by atoms with Crippen LogP contribution in [-0.4, -0.2) is 36.7 Å². The molecule has 0 amide bonds. The molecular weight excluding hydrogens is 443 g/mol. The van der Waals surface area contributed by atoms with Crippen molar-refractivity contribution in [2.75, 3.05) is 26.9 Å². The second-order valence-corrected chi connectivity index (χ2v) is 8.18. The van der Waals surface area contributed by atoms with Crippen molar-refractivity contribution in [2.45, 2.75) is 32.2 Å². The molecule has 0 saturated carbocycles. The fourth-order valence-corrected chi connectivity index (χ4v) is 3.70. The zero-order chi connectivity index (χ0) is 23.3. The summed E-state index contributed by atoms with van der Waals surface area (Å²) in [4.78, 5) is 17.7. The molecule has 0 radical (unpaired) electrons. The molecule has 1 heterocycles. The number of pyridine rings is 1. The SMILES string of the molecule is COc1cccc(CCCCCOc2ccc(CNCCOO[PH](=O)O)c3ncccc23)c1. The smallest absolute Gasteiger partial charge is 0.344 e. The summed E-state index contributed by atoms with van der Waals surface area (Å²) in [7, 11) is -1.37. The van der Waals surface area contributed by atoms with E-state index < -0.39 is 8.25 Å². The third kappa shape index (κ3) is 8.42. The molecule has 0 spiro atoms. The van der Waals surface area contributed by atoms with Gasteiger partial charge in [0.05, 0.1) is 25.8 Å². The Kier molecular flexibility index (Phi) is 10.6. The summed E-state index contributed by atoms with van der Waals surface area (Å²) in [6.07, 6.45) is 5.98. The van der Waals surface area contributed by atoms with E-state index in [9.17, 15) is 4.57 Å². The van der Waals surface area contributed by atoms with Gasteiger partial charge >= 0.3 is 8.25 Å². The first-order chi connectivity index (χ1) is 16.2. The van der Waals surface area contributed by atoms with Crippen LogP contribution in [0.2, 0.25) is 0 Å². The number of rotatable bonds is 15. The van der Waals surface area contributed by atoms with Crippen molar-refractivity contribution in [1.29, 1.82) is 0 Å². The third-order valence-corrected chi connectivity index (χ3v) is 5.38. The van der Waals surface area contributed by atoms with Crippen molar-refractivity contribution < 1.29 is 28.5 Å². The number of nitrogens with zero attached hydrogens (tertiary/aromatic N) is 1. The zero-order valence-electron chi connectivity index (χ0n) is 18.8. The van der Waals surface area contributed by atoms with Crippen LogP contribution in [0.15, 0.2) is 54.7 Å². The first-order valence-electron chi connectivity index (χ1n) is 11.0. The Morgan fingerprint density at radius 2 is 1.97 bits per heavy atom. The van der Waals surface area contributed by atoms with Gasteiger partial charge in [-0.05, 0) is 67.1 Å². The fourth-order valence-electron chi connectivity index (χ4n) is 3.52. The maximum absolute atomic E-state index is 10.4. The van der Waals surface area contributed by atoms with Crippen LogP contribution in [0, 0.1) is 0 Å². The van der Waals surface area contributed by atoms with Crippen molar-refractivity contribution in [3.8, 4) is 11.5 Å². The van der Waals surface area contributed by atoms with Crippen LogP contribution in [0.1, 0.15) is 30.4 Å². The lowest BCUT2D eigenvalue weighted by molar-refractivity contribution is -0.205. The van der Waals surface area contributed by atoms with Crippen LogP contribution >= 0.6 is 8.25 Å². The lowest BCUT2D eigenvalue weighted by Crippen LogP contribution is -2.19. The second-order valence-electron chi connectivity index (χ2n) is 7.48. The molecule has 0 fully saturated rings. The number of hydrogen-bond donors (Lipinski definition) is 2. The summed E-state index contributed by atoms with van der Waals surface area (Å²) < 4.78 is 26.0. The van der Waals surface area contributed by atoms with Crippen molar-refractivity contribution in [2.24, 2.45) is 0 Å². The van der Waals surface area contributed by atoms with Gasteiger partial charge in [-0.3, -0.25) is 9.55 Å². The Morgan fingerprint density at radius 1 is 1.06 bits per heavy atom. The van der Waals surface area contributed by atoms with Crippen LogP contribution in [0.5, 0.6) is 11.5 Å². The molecule has 178 valence electrons. The maximum Gasteiger partial charge on any atom is 0.344 e. The summed E-state index contributed by atoms with van der Waals surface area (Å²) in [5.41, 5.74) is 3.21. The van der Waals surface area contributed by atoms with Crippen LogP contribution < -0.4 is 14.8 Å². The molecular formula is C24H31N2O6P. The molecule has 9 heteroatoms. The lowest BCUT2D eigenvalue weighted by atomic mass is 10.1. The predicted octanol–water partition coefficient (Wildman–Crippen LogP) is 4.46. The Balaban J connectivity index is 1.44. The van der Waals surface area contributed by atoms with Crippen molar-refractivity contribution in [3.05, 3.63) is 65.9 Å². The van der Waals surface area contributed by atoms with Crippen LogP contribution in [-0.2, 0) is 27.1 Å². The van der Waals surface area contributed by atoms with E-state index in [0.29, 0.717) is 19.7 Å². The number of methoxy groups -OCH3 is 1. The molecule has 3 rings (SSSR count). The number of aromatic nitrogens is 1. The highest BCUT2D eigenvalue weighted by Crippen LogP contribution is 2.27. The van der Waals surface area contributed by atoms with Crippen LogP contribution in [0.25, 0.3) is 10.9 Å². The first-order valence-corrected chi connectivity index (χ1v) is 12.3. The number of fused-ring (bicyclic) bond motifs is 1. The van der Waals surface area contributed by atoms with E-state index in [2.05, 4.69) is 32.0 Å². The molecule has 8 nitrogen and oxygen atoms in total. The van der Waals surface area contributed by atoms with E-state index in [1.54, 1.807) is 13.3 Å². The van der Waals surface area contributed by atoms with Gasteiger partial charge in [-0.25, -0.2) is 4.89 Å². The van der Waals surface area contributed by atoms with Crippen molar-refractivity contribution in [1.82, 2.24) is 10.3 Å². The highest BCUT2D eigenvalue weighted by atomic mass is 31.1. The fraction of sp³-hybridized carbons (Fsp3) is 0.375. The van der Waals surface area contributed by atoms with Crippen LogP contribution in [0.3, 0.4) is 0 Å². The summed E-state index contributed by atoms with van der Waals surface area (Å²) in [5, 5.41) is 4.19. The van der Waals surface area contributed by atoms with E-state index in [0.717, 1.165) is 53.6 Å². The standard InChI is InChI=1S/C24H31N2O6P/c1-29-21-9-5-8-19(17-21)7-3-2-4-15-30-23-12-11-20(24-22(23)10-6-13-26-24)18-25-14-16-31-32-33(27)28/h5-6,8-13,17,25,33H,2-4,7,14-16,18H2,1H3,(H,27,28). The number of ether oxygens (including phenoxy) is 2. The van der Waals surface area contributed by atoms with Gasteiger partial charge in [-0.1, -0.05) is 18.2 Å². The molecule has 0 bridgehead atoms. The Morgan fingerprint density at radius 3 is 2.82 bits per heavy atom. The van der Waals surface area contributed by atoms with Gasteiger partial charge in [-0.15, -0.1) is 0 Å². The predicted molar refractivity (Wildman–Crippen MR) is 128 cm³/mol. The highest BCUT2D eigenvalue weighted by Gasteiger charge is 2.08. The van der Waals surface area contributed by atoms with Gasteiger partial charge in [-0.2, -0.15) is 4.67 Å². The Bertz CT molecular complexity index is 1030. The molecule has 0 aliphatic rings. The molecule has 3 aromatic rings. The number of unbranched alkanes of at least 4 members (excludes halogenated alkanes) is 2. The van der Waals surface area contributed by atoms with Gasteiger partial charge < -0.3 is 19.7 Å². The highest BCUT2D eigenvalue weighted by molar-refractivity contribution is 7.31. The minimum absolute atomic E-state index is 0.168. The van der Waals surface area contributed by atoms with Gasteiger partial charge in [0.15, 0.2) is 0 Å². The zero-order valence-corrected chi connectivity index (χ0v) is 19.8. The molecule has 0 saturated heterocycles. The molecule has 1 aromatic heterocycles. The third-order valence-electron chi connectivity index (χ3n) is 5.12. The maximum atomic E-state index is 10.4. The van der Waals surface area contributed by atoms with E-state index >= 15 is 0 Å². The minimum atomic E-state index is -3.06. The van der Waals surface area contributed by atoms with Gasteiger partial charge in [0.2, 0.25) is 0 Å². The van der Waals surface area contributed by atoms with Crippen molar-refractivity contribution >= 4 is 19.2 Å². The Labute approximate surface area is 194 Å². The van der Waals surface area contributed by atoms with Crippen molar-refractivity contribution in [3.63, 3.8) is 0 Å². The van der Waals surface area contributed by atoms with Gasteiger partial charge in [0, 0.05) is 24.7 Å². The van der Waals surface area contributed by atoms with E-state index in [1.807, 2.05) is 36.4 Å². The summed E-state index contributed by atoms with van der Waals surface area (Å²) >= 11 is 0. The first kappa shape index (κ1) is 25.1.